The first-order valence-corrected chi connectivity index (χ1v) is 14.0. The number of nitrogens with zero attached hydrogens (tertiary/aromatic N) is 1. The normalized spacial score (nSPS) is 14.6. The summed E-state index contributed by atoms with van der Waals surface area (Å²) < 4.78 is 13.6. The monoisotopic (exact) mass is 514 g/mol. The van der Waals surface area contributed by atoms with E-state index < -0.39 is 6.04 Å². The molecule has 38 heavy (non-hydrogen) atoms. The highest BCUT2D eigenvalue weighted by molar-refractivity contribution is 5.88. The molecule has 1 N–H and O–H groups in total. The number of carbonyl (C=O) groups is 2. The second-order valence-corrected chi connectivity index (χ2v) is 10.4. The lowest BCUT2D eigenvalue weighted by Gasteiger charge is -2.33. The first-order valence-electron chi connectivity index (χ1n) is 14.0. The lowest BCUT2D eigenvalue weighted by molar-refractivity contribution is -0.141. The van der Waals surface area contributed by atoms with Crippen LogP contribution >= 0.6 is 0 Å². The molecule has 1 aliphatic rings. The Morgan fingerprint density at radius 1 is 0.842 bits per heavy atom. The highest BCUT2D eigenvalue weighted by atomic mass is 19.1. The molecular weight excluding hydrogens is 475 g/mol. The second kappa shape index (κ2) is 13.9. The van der Waals surface area contributed by atoms with Crippen molar-refractivity contribution in [1.29, 1.82) is 0 Å². The minimum Gasteiger partial charge on any atom is -0.352 e. The number of hydrogen-bond donors (Lipinski definition) is 1. The Kier molecular flexibility index (Phi) is 10.1. The van der Waals surface area contributed by atoms with Crippen LogP contribution in [-0.4, -0.2) is 28.8 Å². The van der Waals surface area contributed by atoms with E-state index in [1.165, 1.54) is 24.1 Å². The quantitative estimate of drug-likeness (QED) is 0.321. The summed E-state index contributed by atoms with van der Waals surface area (Å²) in [5.41, 5.74) is 4.17. The molecule has 1 atom stereocenters. The summed E-state index contributed by atoms with van der Waals surface area (Å²) >= 11 is 0. The molecule has 0 saturated heterocycles. The first-order chi connectivity index (χ1) is 18.5. The fourth-order valence-corrected chi connectivity index (χ4v) is 5.22. The third-order valence-electron chi connectivity index (χ3n) is 7.55. The number of benzene rings is 3. The molecule has 0 aliphatic heterocycles. The van der Waals surface area contributed by atoms with Crippen molar-refractivity contribution in [1.82, 2.24) is 10.2 Å². The van der Waals surface area contributed by atoms with Crippen LogP contribution in [0.1, 0.15) is 67.7 Å². The summed E-state index contributed by atoms with van der Waals surface area (Å²) in [6.45, 7) is 2.38. The Balaban J connectivity index is 1.58. The highest BCUT2D eigenvalue weighted by Crippen LogP contribution is 2.21. The lowest BCUT2D eigenvalue weighted by atomic mass is 9.94. The number of carbonyl (C=O) groups excluding carboxylic acids is 2. The minimum atomic E-state index is -0.653. The van der Waals surface area contributed by atoms with Crippen LogP contribution in [0.4, 0.5) is 4.39 Å². The third-order valence-corrected chi connectivity index (χ3v) is 7.55. The van der Waals surface area contributed by atoms with Gasteiger partial charge in [-0.2, -0.15) is 0 Å². The summed E-state index contributed by atoms with van der Waals surface area (Å²) in [7, 11) is 0. The number of nitrogens with one attached hydrogen (secondary N) is 1. The van der Waals surface area contributed by atoms with Gasteiger partial charge in [-0.1, -0.05) is 92.9 Å². The predicted molar refractivity (Wildman–Crippen MR) is 150 cm³/mol. The number of aryl methyl sites for hydroxylation is 2. The van der Waals surface area contributed by atoms with E-state index in [0.717, 1.165) is 48.8 Å². The summed E-state index contributed by atoms with van der Waals surface area (Å²) in [5, 5.41) is 3.26. The van der Waals surface area contributed by atoms with Crippen LogP contribution in [0.15, 0.2) is 78.9 Å². The number of halogens is 1. The molecule has 5 heteroatoms. The molecule has 0 aromatic heterocycles. The Morgan fingerprint density at radius 3 is 2.13 bits per heavy atom. The van der Waals surface area contributed by atoms with Gasteiger partial charge in [0, 0.05) is 25.4 Å². The Morgan fingerprint density at radius 2 is 1.47 bits per heavy atom. The largest absolute Gasteiger partial charge is 0.352 e. The Labute approximate surface area is 226 Å². The first kappa shape index (κ1) is 27.6. The molecule has 1 fully saturated rings. The van der Waals surface area contributed by atoms with Crippen LogP contribution in [-0.2, 0) is 35.4 Å². The zero-order chi connectivity index (χ0) is 26.7. The van der Waals surface area contributed by atoms with E-state index in [-0.39, 0.29) is 30.2 Å². The standard InChI is InChI=1S/C33H39FN2O2/c1-2-25-13-15-26(16-14-25)19-22-32(37)36(24-28-17-20-29(34)21-18-28)31(23-27-9-5-3-6-10-27)33(38)35-30-11-7-4-8-12-30/h3,5-6,9-10,13-18,20-21,30-31H,2,4,7-8,11-12,19,22-24H2,1H3,(H,35,38)/t31-/m0/s1. The summed E-state index contributed by atoms with van der Waals surface area (Å²) in [6, 6.07) is 23.9. The van der Waals surface area contributed by atoms with Crippen molar-refractivity contribution >= 4 is 11.8 Å². The van der Waals surface area contributed by atoms with Gasteiger partial charge in [0.05, 0.1) is 0 Å². The molecule has 0 bridgehead atoms. The molecule has 0 heterocycles. The maximum atomic E-state index is 13.8. The molecule has 1 aliphatic carbocycles. The maximum absolute atomic E-state index is 13.8. The van der Waals surface area contributed by atoms with Crippen molar-refractivity contribution in [2.75, 3.05) is 0 Å². The van der Waals surface area contributed by atoms with Crippen LogP contribution in [0.2, 0.25) is 0 Å². The van der Waals surface area contributed by atoms with Gasteiger partial charge in [0.25, 0.3) is 0 Å². The SMILES string of the molecule is CCc1ccc(CCC(=O)N(Cc2ccc(F)cc2)[C@@H](Cc2ccccc2)C(=O)NC2CCCCC2)cc1. The fraction of sp³-hybridized carbons (Fsp3) is 0.394. The van der Waals surface area contributed by atoms with E-state index in [1.807, 2.05) is 30.3 Å². The second-order valence-electron chi connectivity index (χ2n) is 10.4. The summed E-state index contributed by atoms with van der Waals surface area (Å²) in [4.78, 5) is 29.3. The number of rotatable bonds is 11. The van der Waals surface area contributed by atoms with Gasteiger partial charge in [0.15, 0.2) is 0 Å². The average molecular weight is 515 g/mol. The smallest absolute Gasteiger partial charge is 0.243 e. The molecule has 3 aromatic rings. The number of hydrogen-bond acceptors (Lipinski definition) is 2. The molecule has 1 saturated carbocycles. The van der Waals surface area contributed by atoms with Crippen molar-refractivity contribution in [3.8, 4) is 0 Å². The van der Waals surface area contributed by atoms with Crippen molar-refractivity contribution in [3.63, 3.8) is 0 Å². The topological polar surface area (TPSA) is 49.4 Å². The van der Waals surface area contributed by atoms with Gasteiger partial charge in [0.1, 0.15) is 11.9 Å². The summed E-state index contributed by atoms with van der Waals surface area (Å²) in [6.07, 6.45) is 7.69. The van der Waals surface area contributed by atoms with Crippen LogP contribution in [0.5, 0.6) is 0 Å². The molecule has 0 unspecified atom stereocenters. The van der Waals surface area contributed by atoms with Crippen LogP contribution in [0, 0.1) is 5.82 Å². The van der Waals surface area contributed by atoms with E-state index in [0.29, 0.717) is 19.3 Å². The fourth-order valence-electron chi connectivity index (χ4n) is 5.22. The average Bonchev–Trinajstić information content (AvgIpc) is 2.96. The van der Waals surface area contributed by atoms with Gasteiger partial charge >= 0.3 is 0 Å². The van der Waals surface area contributed by atoms with Gasteiger partial charge < -0.3 is 10.2 Å². The molecule has 2 amide bonds. The predicted octanol–water partition coefficient (Wildman–Crippen LogP) is 6.41. The van der Waals surface area contributed by atoms with Gasteiger partial charge in [-0.25, -0.2) is 4.39 Å². The van der Waals surface area contributed by atoms with Crippen molar-refractivity contribution in [2.45, 2.75) is 83.3 Å². The van der Waals surface area contributed by atoms with Gasteiger partial charge in [-0.3, -0.25) is 9.59 Å². The van der Waals surface area contributed by atoms with Gasteiger partial charge in [0.2, 0.25) is 11.8 Å². The maximum Gasteiger partial charge on any atom is 0.243 e. The highest BCUT2D eigenvalue weighted by Gasteiger charge is 2.31. The Hall–Kier alpha value is -3.47. The number of amides is 2. The van der Waals surface area contributed by atoms with Gasteiger partial charge in [-0.05, 0) is 60.1 Å². The molecule has 0 spiro atoms. The molecular formula is C33H39FN2O2. The molecule has 4 rings (SSSR count). The van der Waals surface area contributed by atoms with Crippen LogP contribution < -0.4 is 5.32 Å². The minimum absolute atomic E-state index is 0.0754. The third kappa shape index (κ3) is 8.01. The van der Waals surface area contributed by atoms with Crippen LogP contribution in [0.3, 0.4) is 0 Å². The van der Waals surface area contributed by atoms with E-state index >= 15 is 0 Å². The van der Waals surface area contributed by atoms with Crippen LogP contribution in [0.25, 0.3) is 0 Å². The van der Waals surface area contributed by atoms with E-state index in [9.17, 15) is 14.0 Å². The van der Waals surface area contributed by atoms with E-state index in [1.54, 1.807) is 17.0 Å². The summed E-state index contributed by atoms with van der Waals surface area (Å²) in [5.74, 6) is -0.504. The molecule has 200 valence electrons. The van der Waals surface area contributed by atoms with E-state index in [2.05, 4.69) is 36.5 Å². The molecule has 3 aromatic carbocycles. The van der Waals surface area contributed by atoms with Crippen molar-refractivity contribution in [2.24, 2.45) is 0 Å². The molecule has 4 nitrogen and oxygen atoms in total. The zero-order valence-electron chi connectivity index (χ0n) is 22.4. The zero-order valence-corrected chi connectivity index (χ0v) is 22.4. The Bertz CT molecular complexity index is 1160. The van der Waals surface area contributed by atoms with Crippen molar-refractivity contribution in [3.05, 3.63) is 107 Å². The lowest BCUT2D eigenvalue weighted by Crippen LogP contribution is -2.52. The van der Waals surface area contributed by atoms with Gasteiger partial charge in [-0.15, -0.1) is 0 Å². The molecule has 0 radical (unpaired) electrons. The van der Waals surface area contributed by atoms with E-state index in [4.69, 9.17) is 0 Å². The van der Waals surface area contributed by atoms with Crippen molar-refractivity contribution < 1.29 is 14.0 Å².